The first-order valence-corrected chi connectivity index (χ1v) is 5.19. The lowest BCUT2D eigenvalue weighted by molar-refractivity contribution is -0.139. The highest BCUT2D eigenvalue weighted by atomic mass is 16.4. The van der Waals surface area contributed by atoms with E-state index in [4.69, 9.17) is 5.11 Å². The number of nitrogens with zero attached hydrogens (tertiary/aromatic N) is 1. The maximum Gasteiger partial charge on any atom is 0.311 e. The van der Waals surface area contributed by atoms with Gasteiger partial charge in [-0.05, 0) is 5.56 Å². The quantitative estimate of drug-likeness (QED) is 0.620. The van der Waals surface area contributed by atoms with Crippen molar-refractivity contribution in [3.8, 4) is 0 Å². The zero-order valence-electron chi connectivity index (χ0n) is 9.88. The van der Waals surface area contributed by atoms with Gasteiger partial charge in [0.2, 0.25) is 0 Å². The van der Waals surface area contributed by atoms with Crippen LogP contribution >= 0.6 is 0 Å². The van der Waals surface area contributed by atoms with Crippen LogP contribution in [0.15, 0.2) is 36.5 Å². The Kier molecular flexibility index (Phi) is 4.46. The molecule has 0 aromatic heterocycles. The minimum absolute atomic E-state index is 0.391. The Morgan fingerprint density at radius 1 is 1.24 bits per heavy atom. The molecule has 1 aromatic rings. The Bertz CT molecular complexity index is 435. The fraction of sp³-hybridized carbons (Fsp3) is 0.231. The van der Waals surface area contributed by atoms with Gasteiger partial charge in [-0.2, -0.15) is 0 Å². The molecule has 90 valence electrons. The zero-order chi connectivity index (χ0) is 12.8. The lowest BCUT2D eigenvalue weighted by Gasteiger charge is -2.10. The third-order valence-corrected chi connectivity index (χ3v) is 2.08. The van der Waals surface area contributed by atoms with Crippen molar-refractivity contribution in [3.63, 3.8) is 0 Å². The standard InChI is InChI=1S/C13H15NO3/c1-14(2)9-11(12(15)8-13(16)17)10-6-4-3-5-7-10/h3-7,9H,8H2,1-2H3,(H,16,17). The van der Waals surface area contributed by atoms with Crippen LogP contribution in [0.2, 0.25) is 0 Å². The number of ketones is 1. The molecule has 0 spiro atoms. The number of carbonyl (C=O) groups is 2. The number of carboxylic acids is 1. The highest BCUT2D eigenvalue weighted by molar-refractivity contribution is 6.24. The van der Waals surface area contributed by atoms with E-state index in [2.05, 4.69) is 0 Å². The molecule has 17 heavy (non-hydrogen) atoms. The predicted molar refractivity (Wildman–Crippen MR) is 65.4 cm³/mol. The summed E-state index contributed by atoms with van der Waals surface area (Å²) in [6.07, 6.45) is 1.15. The van der Waals surface area contributed by atoms with Crippen molar-refractivity contribution in [2.24, 2.45) is 0 Å². The molecule has 0 saturated carbocycles. The van der Waals surface area contributed by atoms with E-state index in [1.54, 1.807) is 37.3 Å². The Morgan fingerprint density at radius 3 is 2.29 bits per heavy atom. The molecule has 4 nitrogen and oxygen atoms in total. The van der Waals surface area contributed by atoms with Crippen molar-refractivity contribution in [2.45, 2.75) is 6.42 Å². The lowest BCUT2D eigenvalue weighted by atomic mass is 10.0. The Morgan fingerprint density at radius 2 is 1.82 bits per heavy atom. The lowest BCUT2D eigenvalue weighted by Crippen LogP contribution is -2.12. The monoisotopic (exact) mass is 233 g/mol. The van der Waals surface area contributed by atoms with Crippen LogP contribution in [0.5, 0.6) is 0 Å². The fourth-order valence-corrected chi connectivity index (χ4v) is 1.42. The van der Waals surface area contributed by atoms with E-state index in [9.17, 15) is 9.59 Å². The maximum absolute atomic E-state index is 11.8. The van der Waals surface area contributed by atoms with Gasteiger partial charge < -0.3 is 10.0 Å². The second-order valence-corrected chi connectivity index (χ2v) is 3.87. The number of aliphatic carboxylic acids is 1. The topological polar surface area (TPSA) is 57.6 Å². The van der Waals surface area contributed by atoms with Crippen LogP contribution in [-0.4, -0.2) is 35.9 Å². The molecule has 0 atom stereocenters. The molecule has 1 rings (SSSR count). The normalized spacial score (nSPS) is 11.1. The summed E-state index contributed by atoms with van der Waals surface area (Å²) in [4.78, 5) is 24.1. The van der Waals surface area contributed by atoms with E-state index in [1.165, 1.54) is 0 Å². The van der Waals surface area contributed by atoms with E-state index in [-0.39, 0.29) is 0 Å². The summed E-state index contributed by atoms with van der Waals surface area (Å²) < 4.78 is 0. The largest absolute Gasteiger partial charge is 0.481 e. The molecular formula is C13H15NO3. The van der Waals surface area contributed by atoms with Crippen molar-refractivity contribution in [1.82, 2.24) is 4.90 Å². The van der Waals surface area contributed by atoms with Gasteiger partial charge in [0.25, 0.3) is 0 Å². The smallest absolute Gasteiger partial charge is 0.311 e. The van der Waals surface area contributed by atoms with Crippen LogP contribution in [-0.2, 0) is 9.59 Å². The highest BCUT2D eigenvalue weighted by Gasteiger charge is 2.15. The molecule has 0 fully saturated rings. The second-order valence-electron chi connectivity index (χ2n) is 3.87. The third kappa shape index (κ3) is 4.10. The summed E-state index contributed by atoms with van der Waals surface area (Å²) >= 11 is 0. The van der Waals surface area contributed by atoms with E-state index in [0.29, 0.717) is 5.57 Å². The first kappa shape index (κ1) is 13.0. The molecule has 0 aliphatic heterocycles. The minimum atomic E-state index is -1.12. The molecule has 0 aliphatic carbocycles. The summed E-state index contributed by atoms with van der Waals surface area (Å²) in [5.74, 6) is -1.51. The summed E-state index contributed by atoms with van der Waals surface area (Å²) in [5.41, 5.74) is 1.14. The number of benzene rings is 1. The van der Waals surface area contributed by atoms with Gasteiger partial charge in [-0.15, -0.1) is 0 Å². The number of allylic oxidation sites excluding steroid dienone is 1. The highest BCUT2D eigenvalue weighted by Crippen LogP contribution is 2.17. The molecule has 0 radical (unpaired) electrons. The number of Topliss-reactive ketones (excluding diaryl/α,β-unsaturated/α-hetero) is 1. The number of carboxylic acid groups (broad SMARTS) is 1. The minimum Gasteiger partial charge on any atom is -0.481 e. The summed E-state index contributed by atoms with van der Waals surface area (Å²) in [7, 11) is 3.58. The number of hydrogen-bond donors (Lipinski definition) is 1. The van der Waals surface area contributed by atoms with Crippen LogP contribution in [0, 0.1) is 0 Å². The number of hydrogen-bond acceptors (Lipinski definition) is 3. The second kappa shape index (κ2) is 5.84. The summed E-state index contributed by atoms with van der Waals surface area (Å²) in [6, 6.07) is 9.04. The van der Waals surface area contributed by atoms with Crippen molar-refractivity contribution >= 4 is 17.3 Å². The van der Waals surface area contributed by atoms with Crippen LogP contribution in [0.1, 0.15) is 12.0 Å². The molecule has 0 bridgehead atoms. The summed E-state index contributed by atoms with van der Waals surface area (Å²) in [6.45, 7) is 0. The third-order valence-electron chi connectivity index (χ3n) is 2.08. The molecule has 0 unspecified atom stereocenters. The van der Waals surface area contributed by atoms with Gasteiger partial charge in [0.05, 0.1) is 0 Å². The van der Waals surface area contributed by atoms with E-state index in [0.717, 1.165) is 5.56 Å². The van der Waals surface area contributed by atoms with Crippen LogP contribution in [0.25, 0.3) is 5.57 Å². The van der Waals surface area contributed by atoms with E-state index in [1.807, 2.05) is 18.2 Å². The van der Waals surface area contributed by atoms with Gasteiger partial charge in [0, 0.05) is 25.9 Å². The molecule has 4 heteroatoms. The molecule has 0 saturated heterocycles. The van der Waals surface area contributed by atoms with Gasteiger partial charge >= 0.3 is 5.97 Å². The number of rotatable bonds is 5. The van der Waals surface area contributed by atoms with Crippen LogP contribution < -0.4 is 0 Å². The fourth-order valence-electron chi connectivity index (χ4n) is 1.42. The average Bonchev–Trinajstić information content (AvgIpc) is 2.25. The van der Waals surface area contributed by atoms with Gasteiger partial charge in [-0.1, -0.05) is 30.3 Å². The van der Waals surface area contributed by atoms with Crippen molar-refractivity contribution in [2.75, 3.05) is 14.1 Å². The first-order valence-electron chi connectivity index (χ1n) is 5.19. The van der Waals surface area contributed by atoms with Crippen molar-refractivity contribution in [1.29, 1.82) is 0 Å². The first-order chi connectivity index (χ1) is 8.00. The van der Waals surface area contributed by atoms with Crippen LogP contribution in [0.4, 0.5) is 0 Å². The molecule has 0 amide bonds. The van der Waals surface area contributed by atoms with Gasteiger partial charge in [-0.3, -0.25) is 9.59 Å². The zero-order valence-corrected chi connectivity index (χ0v) is 9.88. The summed E-state index contributed by atoms with van der Waals surface area (Å²) in [5, 5.41) is 8.65. The van der Waals surface area contributed by atoms with Gasteiger partial charge in [-0.25, -0.2) is 0 Å². The maximum atomic E-state index is 11.8. The Balaban J connectivity index is 3.06. The Hall–Kier alpha value is -2.10. The number of carbonyl (C=O) groups excluding carboxylic acids is 1. The van der Waals surface area contributed by atoms with Crippen LogP contribution in [0.3, 0.4) is 0 Å². The van der Waals surface area contributed by atoms with E-state index >= 15 is 0 Å². The SMILES string of the molecule is CN(C)C=C(C(=O)CC(=O)O)c1ccccc1. The predicted octanol–water partition coefficient (Wildman–Crippen LogP) is 1.63. The van der Waals surface area contributed by atoms with Gasteiger partial charge in [0.15, 0.2) is 5.78 Å². The van der Waals surface area contributed by atoms with Crippen molar-refractivity contribution in [3.05, 3.63) is 42.1 Å². The molecule has 0 heterocycles. The Labute approximate surface area is 100 Å². The van der Waals surface area contributed by atoms with E-state index < -0.39 is 18.2 Å². The molecule has 1 aromatic carbocycles. The molecule has 0 aliphatic rings. The average molecular weight is 233 g/mol. The molecular weight excluding hydrogens is 218 g/mol. The molecule has 1 N–H and O–H groups in total. The van der Waals surface area contributed by atoms with Crippen molar-refractivity contribution < 1.29 is 14.7 Å². The van der Waals surface area contributed by atoms with Gasteiger partial charge in [0.1, 0.15) is 6.42 Å².